The maximum absolute atomic E-state index is 11.7. The molecule has 6 heteroatoms. The lowest BCUT2D eigenvalue weighted by Crippen LogP contribution is -2.48. The second kappa shape index (κ2) is 6.38. The highest BCUT2D eigenvalue weighted by Crippen LogP contribution is 2.14. The van der Waals surface area contributed by atoms with Crippen molar-refractivity contribution >= 4 is 11.8 Å². The van der Waals surface area contributed by atoms with Gasteiger partial charge in [0.05, 0.1) is 12.8 Å². The molecule has 0 aliphatic carbocycles. The van der Waals surface area contributed by atoms with E-state index in [1.165, 1.54) is 18.8 Å². The molecule has 1 aliphatic heterocycles. The molecule has 0 bridgehead atoms. The van der Waals surface area contributed by atoms with Crippen molar-refractivity contribution in [3.8, 4) is 0 Å². The fourth-order valence-electron chi connectivity index (χ4n) is 2.27. The quantitative estimate of drug-likeness (QED) is 0.792. The Hall–Kier alpha value is -1.82. The van der Waals surface area contributed by atoms with Gasteiger partial charge in [-0.3, -0.25) is 25.3 Å². The van der Waals surface area contributed by atoms with Gasteiger partial charge in [-0.15, -0.1) is 0 Å². The summed E-state index contributed by atoms with van der Waals surface area (Å²) in [6.45, 7) is 4.36. The number of hydrogen-bond donors (Lipinski definition) is 2. The molecule has 0 spiro atoms. The maximum Gasteiger partial charge on any atom is 0.305 e. The van der Waals surface area contributed by atoms with Gasteiger partial charge in [-0.25, -0.2) is 0 Å². The van der Waals surface area contributed by atoms with Crippen molar-refractivity contribution in [1.82, 2.24) is 15.8 Å². The topological polar surface area (TPSA) is 74.6 Å². The van der Waals surface area contributed by atoms with Crippen LogP contribution in [-0.2, 0) is 4.79 Å². The molecule has 1 aromatic rings. The zero-order valence-electron chi connectivity index (χ0n) is 11.0. The number of piperidine rings is 1. The summed E-state index contributed by atoms with van der Waals surface area (Å²) in [5, 5.41) is 0. The summed E-state index contributed by atoms with van der Waals surface area (Å²) in [4.78, 5) is 25.3. The molecule has 0 unspecified atom stereocenters. The highest BCUT2D eigenvalue weighted by Gasteiger charge is 2.18. The summed E-state index contributed by atoms with van der Waals surface area (Å²) in [6.07, 6.45) is 3.74. The van der Waals surface area contributed by atoms with E-state index in [0.717, 1.165) is 19.5 Å². The molecule has 1 fully saturated rings. The van der Waals surface area contributed by atoms with Crippen LogP contribution in [0.4, 0.5) is 0 Å². The van der Waals surface area contributed by atoms with Crippen molar-refractivity contribution in [2.45, 2.75) is 19.8 Å². The van der Waals surface area contributed by atoms with Crippen LogP contribution >= 0.6 is 0 Å². The van der Waals surface area contributed by atoms with Crippen molar-refractivity contribution in [1.29, 1.82) is 0 Å². The Morgan fingerprint density at radius 1 is 1.47 bits per heavy atom. The van der Waals surface area contributed by atoms with Gasteiger partial charge in [0, 0.05) is 6.54 Å². The zero-order chi connectivity index (χ0) is 13.7. The number of carbonyl (C=O) groups is 2. The number of hydrogen-bond acceptors (Lipinski definition) is 4. The minimum absolute atomic E-state index is 0.173. The highest BCUT2D eigenvalue weighted by molar-refractivity contribution is 5.93. The van der Waals surface area contributed by atoms with E-state index >= 15 is 0 Å². The first kappa shape index (κ1) is 13.6. The van der Waals surface area contributed by atoms with Crippen LogP contribution in [0, 0.1) is 5.92 Å². The number of likely N-dealkylation sites (tertiary alicyclic amines) is 1. The summed E-state index contributed by atoms with van der Waals surface area (Å²) in [7, 11) is 0. The summed E-state index contributed by atoms with van der Waals surface area (Å²) >= 11 is 0. The van der Waals surface area contributed by atoms with Crippen molar-refractivity contribution in [3.63, 3.8) is 0 Å². The Bertz CT molecular complexity index is 430. The van der Waals surface area contributed by atoms with Crippen molar-refractivity contribution < 1.29 is 14.0 Å². The average Bonchev–Trinajstić information content (AvgIpc) is 2.90. The second-order valence-corrected chi connectivity index (χ2v) is 4.96. The Morgan fingerprint density at radius 2 is 2.32 bits per heavy atom. The monoisotopic (exact) mass is 265 g/mol. The number of nitrogens with one attached hydrogen (secondary N) is 2. The van der Waals surface area contributed by atoms with Crippen LogP contribution in [0.3, 0.4) is 0 Å². The number of amides is 2. The zero-order valence-corrected chi connectivity index (χ0v) is 11.0. The predicted molar refractivity (Wildman–Crippen MR) is 69.2 cm³/mol. The number of rotatable bonds is 3. The molecule has 1 aliphatic rings. The van der Waals surface area contributed by atoms with Gasteiger partial charge in [0.15, 0.2) is 5.76 Å². The van der Waals surface area contributed by atoms with Gasteiger partial charge in [0.2, 0.25) is 0 Å². The predicted octanol–water partition coefficient (Wildman–Crippen LogP) is 0.772. The van der Waals surface area contributed by atoms with Gasteiger partial charge < -0.3 is 4.42 Å². The third-order valence-corrected chi connectivity index (χ3v) is 3.17. The van der Waals surface area contributed by atoms with Crippen LogP contribution in [0.2, 0.25) is 0 Å². The minimum atomic E-state index is -0.453. The maximum atomic E-state index is 11.7. The number of nitrogens with zero attached hydrogens (tertiary/aromatic N) is 1. The normalized spacial score (nSPS) is 19.9. The van der Waals surface area contributed by atoms with E-state index in [0.29, 0.717) is 12.5 Å². The van der Waals surface area contributed by atoms with Crippen LogP contribution in [0.5, 0.6) is 0 Å². The molecule has 104 valence electrons. The lowest BCUT2D eigenvalue weighted by Gasteiger charge is -2.30. The van der Waals surface area contributed by atoms with Gasteiger partial charge >= 0.3 is 5.91 Å². The minimum Gasteiger partial charge on any atom is -0.459 e. The van der Waals surface area contributed by atoms with Crippen LogP contribution in [-0.4, -0.2) is 36.3 Å². The molecule has 1 aromatic heterocycles. The Morgan fingerprint density at radius 3 is 3.00 bits per heavy atom. The Kier molecular flexibility index (Phi) is 4.57. The lowest BCUT2D eigenvalue weighted by atomic mass is 10.0. The van der Waals surface area contributed by atoms with Crippen LogP contribution in [0.25, 0.3) is 0 Å². The van der Waals surface area contributed by atoms with Gasteiger partial charge in [0.1, 0.15) is 0 Å². The third kappa shape index (κ3) is 4.10. The first-order valence-corrected chi connectivity index (χ1v) is 6.50. The molecule has 6 nitrogen and oxygen atoms in total. The molecule has 0 radical (unpaired) electrons. The smallest absolute Gasteiger partial charge is 0.305 e. The van der Waals surface area contributed by atoms with Gasteiger partial charge in [-0.05, 0) is 37.4 Å². The highest BCUT2D eigenvalue weighted by atomic mass is 16.3. The molecular formula is C13H19N3O3. The summed E-state index contributed by atoms with van der Waals surface area (Å²) in [6, 6.07) is 3.15. The largest absolute Gasteiger partial charge is 0.459 e. The van der Waals surface area contributed by atoms with E-state index in [-0.39, 0.29) is 11.7 Å². The average molecular weight is 265 g/mol. The van der Waals surface area contributed by atoms with Crippen molar-refractivity contribution in [3.05, 3.63) is 24.2 Å². The molecule has 2 N–H and O–H groups in total. The van der Waals surface area contributed by atoms with Crippen molar-refractivity contribution in [2.24, 2.45) is 5.92 Å². The van der Waals surface area contributed by atoms with E-state index in [4.69, 9.17) is 4.42 Å². The molecule has 2 amide bonds. The summed E-state index contributed by atoms with van der Waals surface area (Å²) in [5.41, 5.74) is 4.72. The van der Waals surface area contributed by atoms with Crippen LogP contribution < -0.4 is 10.9 Å². The van der Waals surface area contributed by atoms with E-state index < -0.39 is 5.91 Å². The van der Waals surface area contributed by atoms with E-state index in [2.05, 4.69) is 22.7 Å². The van der Waals surface area contributed by atoms with Gasteiger partial charge in [-0.2, -0.15) is 0 Å². The Balaban J connectivity index is 1.71. The number of carbonyl (C=O) groups excluding carboxylic acids is 2. The van der Waals surface area contributed by atoms with E-state index in [1.807, 2.05) is 0 Å². The molecule has 2 rings (SSSR count). The molecular weight excluding hydrogens is 246 g/mol. The van der Waals surface area contributed by atoms with Gasteiger partial charge in [-0.1, -0.05) is 6.92 Å². The number of furan rings is 1. The van der Waals surface area contributed by atoms with Crippen LogP contribution in [0.1, 0.15) is 30.3 Å². The van der Waals surface area contributed by atoms with E-state index in [1.54, 1.807) is 6.07 Å². The summed E-state index contributed by atoms with van der Waals surface area (Å²) in [5.74, 6) is 0.130. The fourth-order valence-corrected chi connectivity index (χ4v) is 2.27. The molecule has 1 saturated heterocycles. The van der Waals surface area contributed by atoms with E-state index in [9.17, 15) is 9.59 Å². The molecule has 1 atom stereocenters. The van der Waals surface area contributed by atoms with Crippen molar-refractivity contribution in [2.75, 3.05) is 19.6 Å². The fraction of sp³-hybridized carbons (Fsp3) is 0.538. The third-order valence-electron chi connectivity index (χ3n) is 3.17. The number of hydrazine groups is 1. The second-order valence-electron chi connectivity index (χ2n) is 4.96. The molecule has 0 saturated carbocycles. The SMILES string of the molecule is C[C@@H]1CCCN(CC(=O)NNC(=O)c2ccco2)C1. The van der Waals surface area contributed by atoms with Crippen LogP contribution in [0.15, 0.2) is 22.8 Å². The first-order chi connectivity index (χ1) is 9.15. The lowest BCUT2D eigenvalue weighted by molar-refractivity contribution is -0.123. The molecule has 0 aromatic carbocycles. The van der Waals surface area contributed by atoms with Gasteiger partial charge in [0.25, 0.3) is 5.91 Å². The molecule has 2 heterocycles. The first-order valence-electron chi connectivity index (χ1n) is 6.50. The standard InChI is InChI=1S/C13H19N3O3/c1-10-4-2-6-16(8-10)9-12(17)14-15-13(18)11-5-3-7-19-11/h3,5,7,10H,2,4,6,8-9H2,1H3,(H,14,17)(H,15,18)/t10-/m1/s1. The summed E-state index contributed by atoms with van der Waals surface area (Å²) < 4.78 is 4.92. The molecule has 19 heavy (non-hydrogen) atoms. The Labute approximate surface area is 112 Å².